The van der Waals surface area contributed by atoms with E-state index in [1.807, 2.05) is 60.7 Å². The molecular weight excluding hydrogens is 460 g/mol. The van der Waals surface area contributed by atoms with E-state index in [1.165, 1.54) is 44.9 Å². The number of rotatable bonds is 17. The fraction of sp³-hybridized carbons (Fsp3) is 0.485. The summed E-state index contributed by atoms with van der Waals surface area (Å²) in [5.41, 5.74) is 0.540. The minimum absolute atomic E-state index is 0.0159. The molecule has 1 N–H and O–H groups in total. The molecule has 1 aliphatic rings. The summed E-state index contributed by atoms with van der Waals surface area (Å²) in [5, 5.41) is 10.3. The van der Waals surface area contributed by atoms with E-state index in [4.69, 9.17) is 9.47 Å². The highest BCUT2D eigenvalue weighted by Gasteiger charge is 2.39. The topological polar surface area (TPSA) is 55.8 Å². The van der Waals surface area contributed by atoms with Crippen molar-refractivity contribution in [3.63, 3.8) is 0 Å². The molecule has 4 nitrogen and oxygen atoms in total. The van der Waals surface area contributed by atoms with Crippen LogP contribution in [-0.2, 0) is 10.2 Å². The Morgan fingerprint density at radius 2 is 1.32 bits per heavy atom. The van der Waals surface area contributed by atoms with Gasteiger partial charge in [-0.05, 0) is 36.6 Å². The molecule has 0 fully saturated rings. The van der Waals surface area contributed by atoms with Crippen LogP contribution >= 0.6 is 0 Å². The molecule has 3 rings (SSSR count). The molecule has 4 heteroatoms. The zero-order valence-corrected chi connectivity index (χ0v) is 22.7. The highest BCUT2D eigenvalue weighted by molar-refractivity contribution is 5.88. The van der Waals surface area contributed by atoms with Gasteiger partial charge in [0.1, 0.15) is 16.9 Å². The molecule has 0 aromatic heterocycles. The van der Waals surface area contributed by atoms with Crippen LogP contribution in [0.25, 0.3) is 0 Å². The number of hydrogen-bond acceptors (Lipinski definition) is 3. The molecule has 1 aliphatic carbocycles. The number of ether oxygens (including phenoxy) is 2. The van der Waals surface area contributed by atoms with Gasteiger partial charge in [-0.2, -0.15) is 0 Å². The summed E-state index contributed by atoms with van der Waals surface area (Å²) in [6, 6.07) is 15.7. The van der Waals surface area contributed by atoms with Gasteiger partial charge in [0, 0.05) is 11.5 Å². The Bertz CT molecular complexity index is 991. The Morgan fingerprint density at radius 1 is 0.757 bits per heavy atom. The van der Waals surface area contributed by atoms with E-state index in [2.05, 4.69) is 26.0 Å². The van der Waals surface area contributed by atoms with Gasteiger partial charge in [-0.15, -0.1) is 0 Å². The van der Waals surface area contributed by atoms with Gasteiger partial charge in [0.15, 0.2) is 0 Å². The lowest BCUT2D eigenvalue weighted by atomic mass is 9.74. The Hall–Kier alpha value is -3.01. The van der Waals surface area contributed by atoms with Crippen LogP contribution in [0.1, 0.15) is 95.1 Å². The summed E-state index contributed by atoms with van der Waals surface area (Å²) >= 11 is 0. The van der Waals surface area contributed by atoms with Gasteiger partial charge in [-0.1, -0.05) is 120 Å². The lowest BCUT2D eigenvalue weighted by Gasteiger charge is -2.29. The van der Waals surface area contributed by atoms with Gasteiger partial charge in [-0.3, -0.25) is 4.79 Å². The molecule has 0 radical (unpaired) electrons. The fourth-order valence-electron chi connectivity index (χ4n) is 4.79. The normalized spacial score (nSPS) is 18.6. The van der Waals surface area contributed by atoms with Gasteiger partial charge in [0.05, 0.1) is 13.2 Å². The van der Waals surface area contributed by atoms with Crippen molar-refractivity contribution in [2.75, 3.05) is 13.2 Å². The van der Waals surface area contributed by atoms with E-state index in [0.29, 0.717) is 17.9 Å². The molecular formula is C33H44O4. The third-order valence-electron chi connectivity index (χ3n) is 7.11. The Kier molecular flexibility index (Phi) is 11.8. The van der Waals surface area contributed by atoms with Crippen LogP contribution in [0.3, 0.4) is 0 Å². The standard InChI is InChI=1S/C33H44O4/c1-3-5-7-9-10-14-25-36-29-19-17-27(18-20-29)28-21-23-33(24-22-28,32(34)35)30-15-11-12-16-31(30)37-26-13-8-6-4-2/h11-12,15-24,28H,3-10,13-14,25-26H2,1-2H3,(H,34,35). The maximum absolute atomic E-state index is 12.6. The van der Waals surface area contributed by atoms with Crippen molar-refractivity contribution in [1.29, 1.82) is 0 Å². The predicted molar refractivity (Wildman–Crippen MR) is 152 cm³/mol. The lowest BCUT2D eigenvalue weighted by Crippen LogP contribution is -2.33. The second kappa shape index (κ2) is 15.3. The molecule has 0 unspecified atom stereocenters. The second-order valence-corrected chi connectivity index (χ2v) is 10.0. The zero-order valence-electron chi connectivity index (χ0n) is 22.7. The van der Waals surface area contributed by atoms with Crippen LogP contribution in [-0.4, -0.2) is 24.3 Å². The van der Waals surface area contributed by atoms with E-state index in [0.717, 1.165) is 37.2 Å². The first kappa shape index (κ1) is 28.6. The van der Waals surface area contributed by atoms with Crippen molar-refractivity contribution in [3.8, 4) is 11.5 Å². The summed E-state index contributed by atoms with van der Waals surface area (Å²) in [4.78, 5) is 12.6. The molecule has 0 saturated carbocycles. The summed E-state index contributed by atoms with van der Waals surface area (Å²) in [5.74, 6) is 0.633. The quantitative estimate of drug-likeness (QED) is 0.173. The Morgan fingerprint density at radius 3 is 1.97 bits per heavy atom. The van der Waals surface area contributed by atoms with Gasteiger partial charge in [-0.25, -0.2) is 0 Å². The largest absolute Gasteiger partial charge is 0.494 e. The molecule has 0 aliphatic heterocycles. The number of unbranched alkanes of at least 4 members (excludes halogenated alkanes) is 8. The van der Waals surface area contributed by atoms with Crippen molar-refractivity contribution in [3.05, 3.63) is 84.0 Å². The smallest absolute Gasteiger partial charge is 0.322 e. The number of benzene rings is 2. The van der Waals surface area contributed by atoms with E-state index in [1.54, 1.807) is 0 Å². The molecule has 0 saturated heterocycles. The first-order valence-electron chi connectivity index (χ1n) is 14.2. The van der Waals surface area contributed by atoms with Crippen LogP contribution in [0, 0.1) is 0 Å². The number of carbonyl (C=O) groups is 1. The average Bonchev–Trinajstić information content (AvgIpc) is 2.93. The van der Waals surface area contributed by atoms with E-state index in [-0.39, 0.29) is 5.92 Å². The van der Waals surface area contributed by atoms with Gasteiger partial charge in [0.2, 0.25) is 0 Å². The average molecular weight is 505 g/mol. The van der Waals surface area contributed by atoms with Crippen molar-refractivity contribution < 1.29 is 19.4 Å². The molecule has 0 spiro atoms. The Balaban J connectivity index is 1.61. The number of hydrogen-bond donors (Lipinski definition) is 1. The third kappa shape index (κ3) is 8.24. The number of para-hydroxylation sites is 1. The maximum Gasteiger partial charge on any atom is 0.322 e. The van der Waals surface area contributed by atoms with Crippen LogP contribution < -0.4 is 9.47 Å². The fourth-order valence-corrected chi connectivity index (χ4v) is 4.79. The summed E-state index contributed by atoms with van der Waals surface area (Å²) in [6.45, 7) is 5.76. The molecule has 200 valence electrons. The molecule has 0 atom stereocenters. The summed E-state index contributed by atoms with van der Waals surface area (Å²) in [7, 11) is 0. The minimum Gasteiger partial charge on any atom is -0.494 e. The van der Waals surface area contributed by atoms with E-state index < -0.39 is 11.4 Å². The predicted octanol–water partition coefficient (Wildman–Crippen LogP) is 8.62. The molecule has 37 heavy (non-hydrogen) atoms. The van der Waals surface area contributed by atoms with Crippen LogP contribution in [0.2, 0.25) is 0 Å². The number of carboxylic acid groups (broad SMARTS) is 1. The van der Waals surface area contributed by atoms with Gasteiger partial charge < -0.3 is 14.6 Å². The first-order valence-corrected chi connectivity index (χ1v) is 14.2. The van der Waals surface area contributed by atoms with E-state index >= 15 is 0 Å². The van der Waals surface area contributed by atoms with Crippen LogP contribution in [0.15, 0.2) is 72.8 Å². The SMILES string of the molecule is CCCCCCCCOc1ccc(C2C=CC(C(=O)O)(c3ccccc3OCCCCCC)C=C2)cc1. The number of carboxylic acids is 1. The van der Waals surface area contributed by atoms with Crippen molar-refractivity contribution >= 4 is 5.97 Å². The van der Waals surface area contributed by atoms with E-state index in [9.17, 15) is 9.90 Å². The lowest BCUT2D eigenvalue weighted by molar-refractivity contribution is -0.140. The highest BCUT2D eigenvalue weighted by atomic mass is 16.5. The summed E-state index contributed by atoms with van der Waals surface area (Å²) in [6.07, 6.45) is 19.5. The zero-order chi connectivity index (χ0) is 26.3. The first-order chi connectivity index (χ1) is 18.1. The third-order valence-corrected chi connectivity index (χ3v) is 7.11. The van der Waals surface area contributed by atoms with Crippen LogP contribution in [0.4, 0.5) is 0 Å². The highest BCUT2D eigenvalue weighted by Crippen LogP contribution is 2.40. The van der Waals surface area contributed by atoms with Gasteiger partial charge >= 0.3 is 5.97 Å². The molecule has 0 amide bonds. The molecule has 2 aromatic carbocycles. The van der Waals surface area contributed by atoms with Crippen LogP contribution in [0.5, 0.6) is 11.5 Å². The maximum atomic E-state index is 12.6. The Labute approximate surface area is 223 Å². The molecule has 0 heterocycles. The number of aliphatic carboxylic acids is 1. The molecule has 0 bridgehead atoms. The molecule has 2 aromatic rings. The minimum atomic E-state index is -1.24. The van der Waals surface area contributed by atoms with Crippen molar-refractivity contribution in [2.45, 2.75) is 89.4 Å². The van der Waals surface area contributed by atoms with Crippen molar-refractivity contribution in [1.82, 2.24) is 0 Å². The summed E-state index contributed by atoms with van der Waals surface area (Å²) < 4.78 is 12.0. The second-order valence-electron chi connectivity index (χ2n) is 10.0. The van der Waals surface area contributed by atoms with Gasteiger partial charge in [0.25, 0.3) is 0 Å². The van der Waals surface area contributed by atoms with Crippen molar-refractivity contribution in [2.24, 2.45) is 0 Å². The monoisotopic (exact) mass is 504 g/mol. The number of allylic oxidation sites excluding steroid dienone is 2.